The van der Waals surface area contributed by atoms with Crippen LogP contribution in [0.4, 0.5) is 17.3 Å². The molecular weight excluding hydrogens is 282 g/mol. The summed E-state index contributed by atoms with van der Waals surface area (Å²) in [5.74, 6) is -1.55. The summed E-state index contributed by atoms with van der Waals surface area (Å²) in [5, 5.41) is 23.6. The zero-order valence-corrected chi connectivity index (χ0v) is 10.7. The summed E-state index contributed by atoms with van der Waals surface area (Å²) in [5.41, 5.74) is 0.501. The predicted octanol–water partition coefficient (Wildman–Crippen LogP) is 2.66. The van der Waals surface area contributed by atoms with Crippen molar-refractivity contribution >= 4 is 23.2 Å². The molecule has 21 heavy (non-hydrogen) atoms. The molecule has 9 nitrogen and oxygen atoms in total. The number of nitrogens with zero attached hydrogens (tertiary/aromatic N) is 2. The third-order valence-electron chi connectivity index (χ3n) is 2.66. The molecule has 0 bridgehead atoms. The van der Waals surface area contributed by atoms with Crippen LogP contribution in [0.25, 0.3) is 0 Å². The number of rotatable bonds is 4. The van der Waals surface area contributed by atoms with Crippen molar-refractivity contribution in [1.82, 2.24) is 0 Å². The minimum Gasteiger partial charge on any atom is -0.395 e. The Morgan fingerprint density at radius 3 is 2.43 bits per heavy atom. The maximum atomic E-state index is 11.8. The lowest BCUT2D eigenvalue weighted by Crippen LogP contribution is -2.11. The van der Waals surface area contributed by atoms with Crippen LogP contribution in [0.5, 0.6) is 0 Å². The van der Waals surface area contributed by atoms with E-state index < -0.39 is 21.6 Å². The SMILES string of the molecule is Cc1ccc(NC(=O)c2ccc([N+](=O)[O-])o2)cc1[N+](=O)[O-]. The Bertz CT molecular complexity index is 736. The third kappa shape index (κ3) is 3.03. The van der Waals surface area contributed by atoms with E-state index in [-0.39, 0.29) is 17.1 Å². The predicted molar refractivity (Wildman–Crippen MR) is 71.1 cm³/mol. The van der Waals surface area contributed by atoms with Gasteiger partial charge in [0.2, 0.25) is 0 Å². The second-order valence-corrected chi connectivity index (χ2v) is 4.11. The summed E-state index contributed by atoms with van der Waals surface area (Å²) in [6, 6.07) is 6.36. The lowest BCUT2D eigenvalue weighted by atomic mass is 10.2. The molecule has 1 N–H and O–H groups in total. The maximum absolute atomic E-state index is 11.8. The molecule has 0 fully saturated rings. The summed E-state index contributed by atoms with van der Waals surface area (Å²) in [4.78, 5) is 31.7. The highest BCUT2D eigenvalue weighted by Crippen LogP contribution is 2.23. The Morgan fingerprint density at radius 1 is 1.14 bits per heavy atom. The van der Waals surface area contributed by atoms with Gasteiger partial charge in [0, 0.05) is 17.3 Å². The third-order valence-corrected chi connectivity index (χ3v) is 2.66. The average Bonchev–Trinajstić information content (AvgIpc) is 2.90. The van der Waals surface area contributed by atoms with Crippen molar-refractivity contribution in [3.63, 3.8) is 0 Å². The van der Waals surface area contributed by atoms with Gasteiger partial charge < -0.3 is 9.73 Å². The number of aryl methyl sites for hydroxylation is 1. The first kappa shape index (κ1) is 14.2. The molecule has 0 radical (unpaired) electrons. The van der Waals surface area contributed by atoms with Crippen molar-refractivity contribution in [2.24, 2.45) is 0 Å². The van der Waals surface area contributed by atoms with E-state index in [2.05, 4.69) is 5.32 Å². The standard InChI is InChI=1S/C12H9N3O6/c1-7-2-3-8(6-9(7)14(17)18)13-12(16)10-4-5-11(21-10)15(19)20/h2-6H,1H3,(H,13,16). The van der Waals surface area contributed by atoms with Crippen LogP contribution in [0.3, 0.4) is 0 Å². The highest BCUT2D eigenvalue weighted by Gasteiger charge is 2.18. The van der Waals surface area contributed by atoms with Crippen molar-refractivity contribution in [1.29, 1.82) is 0 Å². The second-order valence-electron chi connectivity index (χ2n) is 4.11. The van der Waals surface area contributed by atoms with Crippen molar-refractivity contribution in [2.45, 2.75) is 6.92 Å². The molecule has 0 atom stereocenters. The van der Waals surface area contributed by atoms with Gasteiger partial charge in [0.1, 0.15) is 4.92 Å². The zero-order chi connectivity index (χ0) is 15.6. The molecule has 1 heterocycles. The largest absolute Gasteiger partial charge is 0.433 e. The van der Waals surface area contributed by atoms with Gasteiger partial charge in [-0.15, -0.1) is 0 Å². The highest BCUT2D eigenvalue weighted by molar-refractivity contribution is 6.02. The van der Waals surface area contributed by atoms with Crippen LogP contribution in [0.2, 0.25) is 0 Å². The Hall–Kier alpha value is -3.23. The molecule has 1 amide bonds. The number of carbonyl (C=O) groups is 1. The van der Waals surface area contributed by atoms with Crippen LogP contribution >= 0.6 is 0 Å². The fourth-order valence-corrected chi connectivity index (χ4v) is 1.62. The van der Waals surface area contributed by atoms with E-state index >= 15 is 0 Å². The number of amides is 1. The van der Waals surface area contributed by atoms with E-state index in [1.807, 2.05) is 0 Å². The van der Waals surface area contributed by atoms with Gasteiger partial charge in [-0.1, -0.05) is 6.07 Å². The minimum atomic E-state index is -0.770. The van der Waals surface area contributed by atoms with Crippen LogP contribution in [0, 0.1) is 27.2 Å². The molecule has 0 saturated heterocycles. The van der Waals surface area contributed by atoms with Gasteiger partial charge >= 0.3 is 5.88 Å². The summed E-state index contributed by atoms with van der Waals surface area (Å²) < 4.78 is 4.74. The van der Waals surface area contributed by atoms with E-state index in [0.29, 0.717) is 5.56 Å². The van der Waals surface area contributed by atoms with Crippen molar-refractivity contribution in [3.8, 4) is 0 Å². The second kappa shape index (κ2) is 5.41. The maximum Gasteiger partial charge on any atom is 0.433 e. The van der Waals surface area contributed by atoms with Crippen LogP contribution in [0.15, 0.2) is 34.7 Å². The molecule has 9 heteroatoms. The molecule has 2 rings (SSSR count). The molecule has 1 aromatic heterocycles. The summed E-state index contributed by atoms with van der Waals surface area (Å²) in [6.07, 6.45) is 0. The van der Waals surface area contributed by atoms with Crippen LogP contribution in [0.1, 0.15) is 16.1 Å². The first-order valence-corrected chi connectivity index (χ1v) is 5.69. The Morgan fingerprint density at radius 2 is 1.86 bits per heavy atom. The molecule has 0 saturated carbocycles. The first-order chi connectivity index (χ1) is 9.88. The van der Waals surface area contributed by atoms with Gasteiger partial charge in [0.15, 0.2) is 5.76 Å². The fourth-order valence-electron chi connectivity index (χ4n) is 1.62. The number of nitrogens with one attached hydrogen (secondary N) is 1. The Balaban J connectivity index is 2.21. The first-order valence-electron chi connectivity index (χ1n) is 5.69. The number of hydrogen-bond acceptors (Lipinski definition) is 6. The van der Waals surface area contributed by atoms with E-state index in [4.69, 9.17) is 4.42 Å². The number of benzene rings is 1. The number of furan rings is 1. The zero-order valence-electron chi connectivity index (χ0n) is 10.7. The normalized spacial score (nSPS) is 10.1. The van der Waals surface area contributed by atoms with Gasteiger partial charge in [-0.3, -0.25) is 25.0 Å². The number of nitro benzene ring substituents is 1. The topological polar surface area (TPSA) is 129 Å². The van der Waals surface area contributed by atoms with Crippen LogP contribution in [-0.4, -0.2) is 15.8 Å². The van der Waals surface area contributed by atoms with Gasteiger partial charge in [-0.2, -0.15) is 0 Å². The Labute approximate surface area is 117 Å². The van der Waals surface area contributed by atoms with Crippen molar-refractivity contribution in [3.05, 3.63) is 61.9 Å². The molecule has 0 aliphatic carbocycles. The van der Waals surface area contributed by atoms with E-state index in [1.165, 1.54) is 18.2 Å². The molecular formula is C12H9N3O6. The fraction of sp³-hybridized carbons (Fsp3) is 0.0833. The number of carbonyl (C=O) groups excluding carboxylic acids is 1. The molecule has 0 aliphatic rings. The number of hydrogen-bond donors (Lipinski definition) is 1. The quantitative estimate of drug-likeness (QED) is 0.681. The molecule has 0 spiro atoms. The Kier molecular flexibility index (Phi) is 3.65. The molecule has 2 aromatic rings. The van der Waals surface area contributed by atoms with Gasteiger partial charge in [-0.05, 0) is 19.1 Å². The average molecular weight is 291 g/mol. The van der Waals surface area contributed by atoms with E-state index in [9.17, 15) is 25.0 Å². The molecule has 0 aliphatic heterocycles. The van der Waals surface area contributed by atoms with Gasteiger partial charge in [-0.25, -0.2) is 0 Å². The molecule has 1 aromatic carbocycles. The highest BCUT2D eigenvalue weighted by atomic mass is 16.6. The summed E-state index contributed by atoms with van der Waals surface area (Å²) in [6.45, 7) is 1.57. The summed E-state index contributed by atoms with van der Waals surface area (Å²) in [7, 11) is 0. The van der Waals surface area contributed by atoms with Crippen LogP contribution in [-0.2, 0) is 0 Å². The lowest BCUT2D eigenvalue weighted by Gasteiger charge is -2.04. The van der Waals surface area contributed by atoms with Crippen molar-refractivity contribution in [2.75, 3.05) is 5.32 Å². The van der Waals surface area contributed by atoms with Crippen LogP contribution < -0.4 is 5.32 Å². The van der Waals surface area contributed by atoms with Crippen molar-refractivity contribution < 1.29 is 19.1 Å². The molecule has 0 unspecified atom stereocenters. The monoisotopic (exact) mass is 291 g/mol. The number of anilines is 1. The number of nitro groups is 2. The van der Waals surface area contributed by atoms with Gasteiger partial charge in [0.05, 0.1) is 11.0 Å². The van der Waals surface area contributed by atoms with Gasteiger partial charge in [0.25, 0.3) is 11.6 Å². The lowest BCUT2D eigenvalue weighted by molar-refractivity contribution is -0.402. The smallest absolute Gasteiger partial charge is 0.395 e. The van der Waals surface area contributed by atoms with E-state index in [1.54, 1.807) is 6.92 Å². The summed E-state index contributed by atoms with van der Waals surface area (Å²) >= 11 is 0. The molecule has 108 valence electrons. The van der Waals surface area contributed by atoms with E-state index in [0.717, 1.165) is 12.1 Å². The minimum absolute atomic E-state index is 0.141.